The quantitative estimate of drug-likeness (QED) is 0.895. The van der Waals surface area contributed by atoms with Crippen molar-refractivity contribution in [2.45, 2.75) is 13.0 Å². The lowest BCUT2D eigenvalue weighted by Crippen LogP contribution is -2.30. The topological polar surface area (TPSA) is 50.4 Å². The molecule has 0 saturated carbocycles. The highest BCUT2D eigenvalue weighted by atomic mass is 32.1. The van der Waals surface area contributed by atoms with Gasteiger partial charge in [-0.15, -0.1) is 11.3 Å². The molecule has 0 bridgehead atoms. The van der Waals surface area contributed by atoms with Gasteiger partial charge in [0, 0.05) is 4.88 Å². The number of thiophene rings is 1. The number of methoxy groups -OCH3 is 1. The fraction of sp³-hybridized carbons (Fsp3) is 0.214. The Morgan fingerprint density at radius 1 is 1.26 bits per heavy atom. The third-order valence-electron chi connectivity index (χ3n) is 2.67. The van der Waals surface area contributed by atoms with Crippen molar-refractivity contribution < 1.29 is 9.53 Å². The third-order valence-corrected chi connectivity index (χ3v) is 3.73. The van der Waals surface area contributed by atoms with E-state index in [1.54, 1.807) is 30.6 Å². The number of hydrogen-bond acceptors (Lipinski definition) is 3. The Balaban J connectivity index is 1.98. The molecule has 5 heteroatoms. The average molecular weight is 276 g/mol. The van der Waals surface area contributed by atoms with Gasteiger partial charge < -0.3 is 15.4 Å². The van der Waals surface area contributed by atoms with Crippen molar-refractivity contribution >= 4 is 23.1 Å². The number of hydrogen-bond donors (Lipinski definition) is 2. The monoisotopic (exact) mass is 276 g/mol. The van der Waals surface area contributed by atoms with Crippen LogP contribution in [0.1, 0.15) is 17.8 Å². The molecule has 4 nitrogen and oxygen atoms in total. The van der Waals surface area contributed by atoms with E-state index in [0.29, 0.717) is 11.4 Å². The standard InChI is InChI=1S/C14H16N2O2S/c1-10(13-8-5-9-19-13)15-14(17)16-11-6-3-4-7-12(11)18-2/h3-10H,1-2H3,(H2,15,16,17). The van der Waals surface area contributed by atoms with Crippen LogP contribution in [0.25, 0.3) is 0 Å². The van der Waals surface area contributed by atoms with Gasteiger partial charge in [-0.2, -0.15) is 0 Å². The molecule has 1 unspecified atom stereocenters. The van der Waals surface area contributed by atoms with E-state index in [0.717, 1.165) is 4.88 Å². The number of urea groups is 1. The van der Waals surface area contributed by atoms with Gasteiger partial charge in [0.05, 0.1) is 18.8 Å². The van der Waals surface area contributed by atoms with Gasteiger partial charge in [-0.25, -0.2) is 4.79 Å². The zero-order valence-electron chi connectivity index (χ0n) is 10.8. The lowest BCUT2D eigenvalue weighted by molar-refractivity contribution is 0.249. The van der Waals surface area contributed by atoms with E-state index in [-0.39, 0.29) is 12.1 Å². The number of anilines is 1. The molecule has 0 aliphatic rings. The number of ether oxygens (including phenoxy) is 1. The molecule has 100 valence electrons. The Morgan fingerprint density at radius 3 is 2.74 bits per heavy atom. The lowest BCUT2D eigenvalue weighted by atomic mass is 10.3. The maximum atomic E-state index is 11.9. The average Bonchev–Trinajstić information content (AvgIpc) is 2.93. The summed E-state index contributed by atoms with van der Waals surface area (Å²) in [4.78, 5) is 13.0. The van der Waals surface area contributed by atoms with Gasteiger partial charge in [0.15, 0.2) is 0 Å². The number of carbonyl (C=O) groups excluding carboxylic acids is 1. The molecule has 1 heterocycles. The molecule has 0 fully saturated rings. The minimum atomic E-state index is -0.245. The third kappa shape index (κ3) is 3.48. The summed E-state index contributed by atoms with van der Waals surface area (Å²) in [5.74, 6) is 0.640. The highest BCUT2D eigenvalue weighted by Gasteiger charge is 2.11. The zero-order chi connectivity index (χ0) is 13.7. The van der Waals surface area contributed by atoms with E-state index in [2.05, 4.69) is 10.6 Å². The van der Waals surface area contributed by atoms with Crippen LogP contribution in [0, 0.1) is 0 Å². The summed E-state index contributed by atoms with van der Waals surface area (Å²) in [5, 5.41) is 7.66. The second-order valence-electron chi connectivity index (χ2n) is 4.04. The number of rotatable bonds is 4. The van der Waals surface area contributed by atoms with Crippen molar-refractivity contribution in [3.05, 3.63) is 46.7 Å². The summed E-state index contributed by atoms with van der Waals surface area (Å²) in [7, 11) is 1.58. The Labute approximate surface area is 116 Å². The highest BCUT2D eigenvalue weighted by Crippen LogP contribution is 2.23. The number of nitrogens with one attached hydrogen (secondary N) is 2. The summed E-state index contributed by atoms with van der Waals surface area (Å²) in [6.45, 7) is 1.95. The smallest absolute Gasteiger partial charge is 0.319 e. The highest BCUT2D eigenvalue weighted by molar-refractivity contribution is 7.10. The van der Waals surface area contributed by atoms with Crippen LogP contribution in [-0.4, -0.2) is 13.1 Å². The minimum Gasteiger partial charge on any atom is -0.495 e. The van der Waals surface area contributed by atoms with Gasteiger partial charge in [0.25, 0.3) is 0 Å². The second-order valence-corrected chi connectivity index (χ2v) is 5.02. The van der Waals surface area contributed by atoms with Crippen LogP contribution < -0.4 is 15.4 Å². The maximum Gasteiger partial charge on any atom is 0.319 e. The van der Waals surface area contributed by atoms with Gasteiger partial charge >= 0.3 is 6.03 Å². The first kappa shape index (κ1) is 13.4. The van der Waals surface area contributed by atoms with Crippen LogP contribution in [0.4, 0.5) is 10.5 Å². The number of amides is 2. The van der Waals surface area contributed by atoms with E-state index in [1.807, 2.05) is 36.6 Å². The number of benzene rings is 1. The van der Waals surface area contributed by atoms with Crippen LogP contribution in [0.3, 0.4) is 0 Å². The predicted octanol–water partition coefficient (Wildman–Crippen LogP) is 3.64. The molecule has 2 N–H and O–H groups in total. The van der Waals surface area contributed by atoms with Crippen molar-refractivity contribution in [1.29, 1.82) is 0 Å². The van der Waals surface area contributed by atoms with E-state index in [1.165, 1.54) is 0 Å². The van der Waals surface area contributed by atoms with Gasteiger partial charge in [0.2, 0.25) is 0 Å². The van der Waals surface area contributed by atoms with Crippen LogP contribution in [0.2, 0.25) is 0 Å². The molecular formula is C14H16N2O2S. The first-order valence-corrected chi connectivity index (χ1v) is 6.82. The summed E-state index contributed by atoms with van der Waals surface area (Å²) < 4.78 is 5.18. The SMILES string of the molecule is COc1ccccc1NC(=O)NC(C)c1cccs1. The molecule has 1 aromatic heterocycles. The molecule has 2 amide bonds. The summed E-state index contributed by atoms with van der Waals surface area (Å²) in [6.07, 6.45) is 0. The Morgan fingerprint density at radius 2 is 2.05 bits per heavy atom. The van der Waals surface area contributed by atoms with E-state index in [9.17, 15) is 4.79 Å². The molecule has 0 spiro atoms. The molecule has 2 aromatic rings. The van der Waals surface area contributed by atoms with E-state index >= 15 is 0 Å². The fourth-order valence-corrected chi connectivity index (χ4v) is 2.45. The molecule has 0 aliphatic carbocycles. The van der Waals surface area contributed by atoms with E-state index < -0.39 is 0 Å². The van der Waals surface area contributed by atoms with Gasteiger partial charge in [-0.3, -0.25) is 0 Å². The first-order valence-electron chi connectivity index (χ1n) is 5.94. The predicted molar refractivity (Wildman–Crippen MR) is 77.9 cm³/mol. The van der Waals surface area contributed by atoms with Gasteiger partial charge in [-0.1, -0.05) is 18.2 Å². The Kier molecular flexibility index (Phi) is 4.41. The van der Waals surface area contributed by atoms with Crippen molar-refractivity contribution in [2.75, 3.05) is 12.4 Å². The Hall–Kier alpha value is -2.01. The normalized spacial score (nSPS) is 11.7. The van der Waals surface area contributed by atoms with Crippen LogP contribution >= 0.6 is 11.3 Å². The molecule has 2 rings (SSSR count). The molecule has 0 saturated heterocycles. The molecule has 0 aliphatic heterocycles. The summed E-state index contributed by atoms with van der Waals surface area (Å²) >= 11 is 1.62. The largest absolute Gasteiger partial charge is 0.495 e. The second kappa shape index (κ2) is 6.24. The van der Waals surface area contributed by atoms with Crippen LogP contribution in [0.5, 0.6) is 5.75 Å². The molecule has 1 atom stereocenters. The molecule has 19 heavy (non-hydrogen) atoms. The van der Waals surface area contributed by atoms with Crippen molar-refractivity contribution in [3.63, 3.8) is 0 Å². The van der Waals surface area contributed by atoms with Crippen LogP contribution in [-0.2, 0) is 0 Å². The summed E-state index contributed by atoms with van der Waals surface area (Å²) in [6, 6.07) is 11.0. The van der Waals surface area contributed by atoms with Crippen molar-refractivity contribution in [2.24, 2.45) is 0 Å². The molecule has 0 radical (unpaired) electrons. The van der Waals surface area contributed by atoms with Crippen LogP contribution in [0.15, 0.2) is 41.8 Å². The fourth-order valence-electron chi connectivity index (χ4n) is 1.71. The van der Waals surface area contributed by atoms with E-state index in [4.69, 9.17) is 4.74 Å². The van der Waals surface area contributed by atoms with Gasteiger partial charge in [-0.05, 0) is 30.5 Å². The Bertz CT molecular complexity index is 540. The maximum absolute atomic E-state index is 11.9. The minimum absolute atomic E-state index is 0.0188. The van der Waals surface area contributed by atoms with Crippen molar-refractivity contribution in [3.8, 4) is 5.75 Å². The summed E-state index contributed by atoms with van der Waals surface area (Å²) in [5.41, 5.74) is 0.654. The number of carbonyl (C=O) groups is 1. The number of para-hydroxylation sites is 2. The van der Waals surface area contributed by atoms with Gasteiger partial charge in [0.1, 0.15) is 5.75 Å². The molecular weight excluding hydrogens is 260 g/mol. The lowest BCUT2D eigenvalue weighted by Gasteiger charge is -2.14. The first-order chi connectivity index (χ1) is 9.20. The molecule has 1 aromatic carbocycles. The zero-order valence-corrected chi connectivity index (χ0v) is 11.7. The van der Waals surface area contributed by atoms with Crippen molar-refractivity contribution in [1.82, 2.24) is 5.32 Å².